The zero-order chi connectivity index (χ0) is 12.1. The van der Waals surface area contributed by atoms with Gasteiger partial charge in [-0.05, 0) is 38.4 Å². The molecule has 1 aromatic rings. The first-order valence-corrected chi connectivity index (χ1v) is 6.06. The predicted molar refractivity (Wildman–Crippen MR) is 70.4 cm³/mol. The van der Waals surface area contributed by atoms with Gasteiger partial charge in [-0.25, -0.2) is 0 Å². The van der Waals surface area contributed by atoms with Crippen molar-refractivity contribution in [3.05, 3.63) is 35.4 Å². The summed E-state index contributed by atoms with van der Waals surface area (Å²) < 4.78 is 0. The zero-order valence-electron chi connectivity index (χ0n) is 10.9. The number of likely N-dealkylation sites (N-methyl/N-ethyl adjacent to an activating group) is 1. The largest absolute Gasteiger partial charge is 0.326 e. The van der Waals surface area contributed by atoms with Crippen molar-refractivity contribution in [2.45, 2.75) is 45.8 Å². The minimum atomic E-state index is 0.258. The van der Waals surface area contributed by atoms with Crippen LogP contribution in [-0.4, -0.2) is 24.0 Å². The molecule has 0 saturated heterocycles. The van der Waals surface area contributed by atoms with Gasteiger partial charge in [-0.1, -0.05) is 31.2 Å². The predicted octanol–water partition coefficient (Wildman–Crippen LogP) is 2.55. The first-order chi connectivity index (χ1) is 7.56. The van der Waals surface area contributed by atoms with Gasteiger partial charge in [0.25, 0.3) is 0 Å². The summed E-state index contributed by atoms with van der Waals surface area (Å²) >= 11 is 0. The fourth-order valence-electron chi connectivity index (χ4n) is 1.87. The van der Waals surface area contributed by atoms with Crippen LogP contribution in [0.1, 0.15) is 31.4 Å². The average Bonchev–Trinajstić information content (AvgIpc) is 2.30. The lowest BCUT2D eigenvalue weighted by molar-refractivity contribution is 0.215. The van der Waals surface area contributed by atoms with Gasteiger partial charge in [-0.3, -0.25) is 4.90 Å². The normalized spacial score (nSPS) is 15.1. The fraction of sp³-hybridized carbons (Fsp3) is 0.571. The van der Waals surface area contributed by atoms with Crippen molar-refractivity contribution >= 4 is 0 Å². The summed E-state index contributed by atoms with van der Waals surface area (Å²) in [5, 5.41) is 0. The Kier molecular flexibility index (Phi) is 4.97. The summed E-state index contributed by atoms with van der Waals surface area (Å²) in [6.07, 6.45) is 1.03. The Morgan fingerprint density at radius 1 is 1.31 bits per heavy atom. The highest BCUT2D eigenvalue weighted by Gasteiger charge is 2.16. The summed E-state index contributed by atoms with van der Waals surface area (Å²) in [5.41, 5.74) is 8.81. The van der Waals surface area contributed by atoms with Crippen molar-refractivity contribution in [1.29, 1.82) is 0 Å². The second kappa shape index (κ2) is 6.02. The SMILES string of the molecule is CCC(N)C(C)N(C)Cc1ccccc1C. The summed E-state index contributed by atoms with van der Waals surface area (Å²) in [5.74, 6) is 0. The first kappa shape index (κ1) is 13.2. The highest BCUT2D eigenvalue weighted by atomic mass is 15.1. The lowest BCUT2D eigenvalue weighted by atomic mass is 10.0. The van der Waals surface area contributed by atoms with Crippen molar-refractivity contribution in [3.63, 3.8) is 0 Å². The van der Waals surface area contributed by atoms with Crippen LogP contribution in [0, 0.1) is 6.92 Å². The van der Waals surface area contributed by atoms with Crippen LogP contribution in [0.25, 0.3) is 0 Å². The molecule has 16 heavy (non-hydrogen) atoms. The van der Waals surface area contributed by atoms with Crippen molar-refractivity contribution in [1.82, 2.24) is 4.90 Å². The van der Waals surface area contributed by atoms with Crippen LogP contribution >= 0.6 is 0 Å². The molecular formula is C14H24N2. The third kappa shape index (κ3) is 3.32. The summed E-state index contributed by atoms with van der Waals surface area (Å²) in [6, 6.07) is 9.21. The molecule has 0 amide bonds. The van der Waals surface area contributed by atoms with E-state index in [1.54, 1.807) is 0 Å². The molecule has 2 atom stereocenters. The van der Waals surface area contributed by atoms with Gasteiger partial charge in [0, 0.05) is 18.6 Å². The Balaban J connectivity index is 2.64. The van der Waals surface area contributed by atoms with E-state index in [0.29, 0.717) is 6.04 Å². The molecule has 0 aliphatic heterocycles. The summed E-state index contributed by atoms with van der Waals surface area (Å²) in [4.78, 5) is 2.33. The fourth-order valence-corrected chi connectivity index (χ4v) is 1.87. The number of benzene rings is 1. The second-order valence-corrected chi connectivity index (χ2v) is 4.65. The van der Waals surface area contributed by atoms with Gasteiger partial charge in [0.2, 0.25) is 0 Å². The van der Waals surface area contributed by atoms with Gasteiger partial charge in [0.05, 0.1) is 0 Å². The van der Waals surface area contributed by atoms with Gasteiger partial charge in [-0.2, -0.15) is 0 Å². The molecule has 2 unspecified atom stereocenters. The van der Waals surface area contributed by atoms with Crippen molar-refractivity contribution in [3.8, 4) is 0 Å². The van der Waals surface area contributed by atoms with Crippen LogP contribution in [0.15, 0.2) is 24.3 Å². The number of rotatable bonds is 5. The molecule has 0 aliphatic carbocycles. The van der Waals surface area contributed by atoms with Crippen molar-refractivity contribution < 1.29 is 0 Å². The minimum absolute atomic E-state index is 0.258. The van der Waals surface area contributed by atoms with Crippen molar-refractivity contribution in [2.24, 2.45) is 5.73 Å². The molecule has 1 aromatic carbocycles. The molecule has 90 valence electrons. The molecule has 0 radical (unpaired) electrons. The summed E-state index contributed by atoms with van der Waals surface area (Å²) in [7, 11) is 2.15. The lowest BCUT2D eigenvalue weighted by Gasteiger charge is -2.29. The molecule has 0 saturated carbocycles. The molecule has 0 heterocycles. The van der Waals surface area contributed by atoms with Crippen LogP contribution in [0.5, 0.6) is 0 Å². The van der Waals surface area contributed by atoms with E-state index in [1.807, 2.05) is 0 Å². The van der Waals surface area contributed by atoms with E-state index in [4.69, 9.17) is 5.73 Å². The highest BCUT2D eigenvalue weighted by Crippen LogP contribution is 2.12. The van der Waals surface area contributed by atoms with Gasteiger partial charge in [0.15, 0.2) is 0 Å². The maximum Gasteiger partial charge on any atom is 0.0236 e. The van der Waals surface area contributed by atoms with Crippen LogP contribution in [-0.2, 0) is 6.54 Å². The van der Waals surface area contributed by atoms with E-state index in [0.717, 1.165) is 13.0 Å². The van der Waals surface area contributed by atoms with Crippen LogP contribution in [0.3, 0.4) is 0 Å². The van der Waals surface area contributed by atoms with E-state index in [9.17, 15) is 0 Å². The Bertz CT molecular complexity index is 322. The maximum absolute atomic E-state index is 6.07. The number of nitrogens with zero attached hydrogens (tertiary/aromatic N) is 1. The monoisotopic (exact) mass is 220 g/mol. The van der Waals surface area contributed by atoms with Gasteiger partial charge in [-0.15, -0.1) is 0 Å². The Labute approximate surface area is 99.5 Å². The molecule has 2 heteroatoms. The third-order valence-electron chi connectivity index (χ3n) is 3.47. The molecule has 2 N–H and O–H groups in total. The number of nitrogens with two attached hydrogens (primary N) is 1. The first-order valence-electron chi connectivity index (χ1n) is 6.06. The minimum Gasteiger partial charge on any atom is -0.326 e. The number of hydrogen-bond acceptors (Lipinski definition) is 2. The standard InChI is InChI=1S/C14H24N2/c1-5-14(15)12(3)16(4)10-13-9-7-6-8-11(13)2/h6-9,12,14H,5,10,15H2,1-4H3. The second-order valence-electron chi connectivity index (χ2n) is 4.65. The number of hydrogen-bond donors (Lipinski definition) is 1. The van der Waals surface area contributed by atoms with Crippen molar-refractivity contribution in [2.75, 3.05) is 7.05 Å². The molecule has 1 rings (SSSR count). The molecule has 0 aromatic heterocycles. The highest BCUT2D eigenvalue weighted by molar-refractivity contribution is 5.25. The summed E-state index contributed by atoms with van der Waals surface area (Å²) in [6.45, 7) is 7.48. The average molecular weight is 220 g/mol. The Hall–Kier alpha value is -0.860. The number of aryl methyl sites for hydroxylation is 1. The quantitative estimate of drug-likeness (QED) is 0.826. The Morgan fingerprint density at radius 3 is 2.50 bits per heavy atom. The van der Waals surface area contributed by atoms with Gasteiger partial charge < -0.3 is 5.73 Å². The molecule has 0 bridgehead atoms. The molecule has 0 fully saturated rings. The van der Waals surface area contributed by atoms with Crippen LogP contribution < -0.4 is 5.73 Å². The Morgan fingerprint density at radius 2 is 1.94 bits per heavy atom. The van der Waals surface area contributed by atoms with Gasteiger partial charge in [0.1, 0.15) is 0 Å². The topological polar surface area (TPSA) is 29.3 Å². The molecular weight excluding hydrogens is 196 g/mol. The molecule has 0 spiro atoms. The van der Waals surface area contributed by atoms with Crippen LogP contribution in [0.2, 0.25) is 0 Å². The van der Waals surface area contributed by atoms with Gasteiger partial charge >= 0.3 is 0 Å². The van der Waals surface area contributed by atoms with E-state index in [-0.39, 0.29) is 6.04 Å². The molecule has 0 aliphatic rings. The molecule has 2 nitrogen and oxygen atoms in total. The van der Waals surface area contributed by atoms with E-state index >= 15 is 0 Å². The van der Waals surface area contributed by atoms with Crippen LogP contribution in [0.4, 0.5) is 0 Å². The maximum atomic E-state index is 6.07. The zero-order valence-corrected chi connectivity index (χ0v) is 10.9. The third-order valence-corrected chi connectivity index (χ3v) is 3.47. The lowest BCUT2D eigenvalue weighted by Crippen LogP contribution is -2.43. The van der Waals surface area contributed by atoms with E-state index in [1.165, 1.54) is 11.1 Å². The van der Waals surface area contributed by atoms with E-state index in [2.05, 4.69) is 57.0 Å². The smallest absolute Gasteiger partial charge is 0.0236 e. The van der Waals surface area contributed by atoms with E-state index < -0.39 is 0 Å².